The number of nitrogens with one attached hydrogen (secondary N) is 1. The Bertz CT molecular complexity index is 530. The lowest BCUT2D eigenvalue weighted by molar-refractivity contribution is 0.443. The number of hydrogen-bond acceptors (Lipinski definition) is 3. The molecule has 0 saturated carbocycles. The maximum absolute atomic E-state index is 13.4. The van der Waals surface area contributed by atoms with E-state index in [0.29, 0.717) is 0 Å². The summed E-state index contributed by atoms with van der Waals surface area (Å²) in [6.45, 7) is 1.46. The molecule has 0 aliphatic carbocycles. The number of nitrogens with zero attached hydrogens (tertiary/aromatic N) is 1. The van der Waals surface area contributed by atoms with Crippen LogP contribution in [-0.4, -0.2) is 31.6 Å². The quantitative estimate of drug-likeness (QED) is 0.618. The molecule has 0 amide bonds. The van der Waals surface area contributed by atoms with Gasteiger partial charge < -0.3 is 5.73 Å². The highest BCUT2D eigenvalue weighted by atomic mass is 32.2. The van der Waals surface area contributed by atoms with Crippen molar-refractivity contribution < 1.29 is 12.8 Å². The van der Waals surface area contributed by atoms with Crippen LogP contribution in [0.2, 0.25) is 0 Å². The smallest absolute Gasteiger partial charge is 0.246 e. The number of benzene rings is 1. The van der Waals surface area contributed by atoms with E-state index in [2.05, 4.69) is 0 Å². The second-order valence-corrected chi connectivity index (χ2v) is 5.55. The summed E-state index contributed by atoms with van der Waals surface area (Å²) in [5, 5.41) is 7.20. The van der Waals surface area contributed by atoms with Gasteiger partial charge in [-0.25, -0.2) is 12.8 Å². The zero-order chi connectivity index (χ0) is 13.2. The van der Waals surface area contributed by atoms with E-state index in [-0.39, 0.29) is 5.84 Å². The fourth-order valence-corrected chi connectivity index (χ4v) is 2.62. The number of nitrogens with two attached hydrogens (primary N) is 1. The van der Waals surface area contributed by atoms with E-state index in [1.165, 1.54) is 32.2 Å². The number of amidine groups is 1. The maximum Gasteiger partial charge on any atom is 0.246 e. The van der Waals surface area contributed by atoms with Gasteiger partial charge in [0.1, 0.15) is 16.5 Å². The van der Waals surface area contributed by atoms with Crippen molar-refractivity contribution in [3.05, 3.63) is 30.1 Å². The first-order chi connectivity index (χ1) is 7.78. The number of sulfonamides is 1. The van der Waals surface area contributed by atoms with Crippen LogP contribution in [0.15, 0.2) is 29.2 Å². The van der Waals surface area contributed by atoms with E-state index < -0.39 is 26.8 Å². The van der Waals surface area contributed by atoms with Crippen molar-refractivity contribution in [2.75, 3.05) is 7.05 Å². The Morgan fingerprint density at radius 1 is 1.47 bits per heavy atom. The van der Waals surface area contributed by atoms with Gasteiger partial charge in [-0.15, -0.1) is 0 Å². The van der Waals surface area contributed by atoms with Gasteiger partial charge in [0.05, 0.1) is 6.04 Å². The Kier molecular flexibility index (Phi) is 3.84. The molecule has 1 aromatic carbocycles. The predicted molar refractivity (Wildman–Crippen MR) is 62.7 cm³/mol. The molecule has 3 N–H and O–H groups in total. The van der Waals surface area contributed by atoms with Crippen molar-refractivity contribution in [1.29, 1.82) is 5.41 Å². The normalized spacial score (nSPS) is 13.6. The van der Waals surface area contributed by atoms with Crippen LogP contribution in [0.3, 0.4) is 0 Å². The van der Waals surface area contributed by atoms with E-state index in [0.717, 1.165) is 10.4 Å². The SMILES string of the molecule is CC(C(=N)N)N(C)S(=O)(=O)c1ccccc1F. The largest absolute Gasteiger partial charge is 0.386 e. The first-order valence-corrected chi connectivity index (χ1v) is 6.29. The lowest BCUT2D eigenvalue weighted by Gasteiger charge is -2.23. The zero-order valence-corrected chi connectivity index (χ0v) is 10.3. The molecule has 0 bridgehead atoms. The maximum atomic E-state index is 13.4. The Labute approximate surface area is 99.6 Å². The van der Waals surface area contributed by atoms with Crippen LogP contribution in [0.25, 0.3) is 0 Å². The summed E-state index contributed by atoms with van der Waals surface area (Å²) in [6.07, 6.45) is 0. The van der Waals surface area contributed by atoms with Crippen LogP contribution in [-0.2, 0) is 10.0 Å². The predicted octanol–water partition coefficient (Wildman–Crippen LogP) is 0.771. The summed E-state index contributed by atoms with van der Waals surface area (Å²) in [4.78, 5) is -0.421. The third kappa shape index (κ3) is 2.62. The van der Waals surface area contributed by atoms with Crippen LogP contribution in [0.4, 0.5) is 4.39 Å². The van der Waals surface area contributed by atoms with Gasteiger partial charge >= 0.3 is 0 Å². The average Bonchev–Trinajstić information content (AvgIpc) is 2.27. The second-order valence-electron chi connectivity index (χ2n) is 3.58. The van der Waals surface area contributed by atoms with Crippen molar-refractivity contribution >= 4 is 15.9 Å². The van der Waals surface area contributed by atoms with Crippen molar-refractivity contribution in [2.45, 2.75) is 17.9 Å². The van der Waals surface area contributed by atoms with Crippen molar-refractivity contribution in [3.63, 3.8) is 0 Å². The third-order valence-corrected chi connectivity index (χ3v) is 4.45. The molecule has 5 nitrogen and oxygen atoms in total. The summed E-state index contributed by atoms with van der Waals surface area (Å²) in [5.74, 6) is -1.12. The van der Waals surface area contributed by atoms with Crippen LogP contribution in [0, 0.1) is 11.2 Å². The molecule has 94 valence electrons. The van der Waals surface area contributed by atoms with Crippen LogP contribution < -0.4 is 5.73 Å². The van der Waals surface area contributed by atoms with Gasteiger partial charge in [-0.3, -0.25) is 5.41 Å². The topological polar surface area (TPSA) is 87.2 Å². The molecule has 0 aromatic heterocycles. The van der Waals surface area contributed by atoms with Crippen molar-refractivity contribution in [1.82, 2.24) is 4.31 Å². The number of likely N-dealkylation sites (N-methyl/N-ethyl adjacent to an activating group) is 1. The summed E-state index contributed by atoms with van der Waals surface area (Å²) in [6, 6.07) is 4.26. The van der Waals surface area contributed by atoms with E-state index in [1.54, 1.807) is 0 Å². The van der Waals surface area contributed by atoms with Crippen LogP contribution in [0.1, 0.15) is 6.92 Å². The monoisotopic (exact) mass is 259 g/mol. The highest BCUT2D eigenvalue weighted by Gasteiger charge is 2.28. The van der Waals surface area contributed by atoms with Crippen molar-refractivity contribution in [3.8, 4) is 0 Å². The standard InChI is InChI=1S/C10H14FN3O2S/c1-7(10(12)13)14(2)17(15,16)9-6-4-3-5-8(9)11/h3-7H,1-2H3,(H3,12,13). The van der Waals surface area contributed by atoms with Crippen molar-refractivity contribution in [2.24, 2.45) is 5.73 Å². The van der Waals surface area contributed by atoms with Gasteiger partial charge in [0.2, 0.25) is 10.0 Å². The first kappa shape index (κ1) is 13.6. The lowest BCUT2D eigenvalue weighted by Crippen LogP contribution is -2.43. The molecule has 0 fully saturated rings. The summed E-state index contributed by atoms with van der Waals surface area (Å²) < 4.78 is 38.4. The van der Waals surface area contributed by atoms with E-state index in [9.17, 15) is 12.8 Å². The third-order valence-electron chi connectivity index (χ3n) is 2.49. The Morgan fingerprint density at radius 2 is 2.00 bits per heavy atom. The minimum Gasteiger partial charge on any atom is -0.386 e. The molecule has 17 heavy (non-hydrogen) atoms. The first-order valence-electron chi connectivity index (χ1n) is 4.85. The number of rotatable bonds is 4. The molecular formula is C10H14FN3O2S. The minimum absolute atomic E-state index is 0.299. The average molecular weight is 259 g/mol. The van der Waals surface area contributed by atoms with Gasteiger partial charge in [0.15, 0.2) is 0 Å². The number of halogens is 1. The van der Waals surface area contributed by atoms with Gasteiger partial charge in [0.25, 0.3) is 0 Å². The molecular weight excluding hydrogens is 245 g/mol. The fourth-order valence-electron chi connectivity index (χ4n) is 1.21. The molecule has 1 atom stereocenters. The van der Waals surface area contributed by atoms with Crippen LogP contribution in [0.5, 0.6) is 0 Å². The zero-order valence-electron chi connectivity index (χ0n) is 9.51. The molecule has 0 radical (unpaired) electrons. The molecule has 0 spiro atoms. The van der Waals surface area contributed by atoms with E-state index in [4.69, 9.17) is 11.1 Å². The fraction of sp³-hybridized carbons (Fsp3) is 0.300. The molecule has 1 rings (SSSR count). The van der Waals surface area contributed by atoms with Gasteiger partial charge in [0, 0.05) is 7.05 Å². The molecule has 0 aliphatic rings. The number of hydrogen-bond donors (Lipinski definition) is 2. The second kappa shape index (κ2) is 4.80. The molecule has 1 aromatic rings. The molecule has 1 unspecified atom stereocenters. The summed E-state index contributed by atoms with van der Waals surface area (Å²) in [5.41, 5.74) is 5.23. The Hall–Kier alpha value is -1.47. The minimum atomic E-state index is -3.98. The molecule has 0 saturated heterocycles. The Morgan fingerprint density at radius 3 is 2.47 bits per heavy atom. The summed E-state index contributed by atoms with van der Waals surface area (Å²) in [7, 11) is -2.72. The van der Waals surface area contributed by atoms with Gasteiger partial charge in [-0.05, 0) is 19.1 Å². The lowest BCUT2D eigenvalue weighted by atomic mass is 10.3. The van der Waals surface area contributed by atoms with E-state index >= 15 is 0 Å². The van der Waals surface area contributed by atoms with E-state index in [1.807, 2.05) is 0 Å². The molecule has 7 heteroatoms. The highest BCUT2D eigenvalue weighted by molar-refractivity contribution is 7.89. The van der Waals surface area contributed by atoms with Gasteiger partial charge in [-0.1, -0.05) is 12.1 Å². The highest BCUT2D eigenvalue weighted by Crippen LogP contribution is 2.19. The van der Waals surface area contributed by atoms with Crippen LogP contribution >= 0.6 is 0 Å². The molecule has 0 aliphatic heterocycles. The van der Waals surface area contributed by atoms with Gasteiger partial charge in [-0.2, -0.15) is 4.31 Å². The summed E-state index contributed by atoms with van der Waals surface area (Å²) >= 11 is 0. The molecule has 0 heterocycles. The Balaban J connectivity index is 3.21.